The van der Waals surface area contributed by atoms with Crippen LogP contribution in [-0.4, -0.2) is 15.8 Å². The molecule has 2 aromatic rings. The number of ketones is 1. The first-order valence-corrected chi connectivity index (χ1v) is 5.33. The van der Waals surface area contributed by atoms with Gasteiger partial charge in [0.25, 0.3) is 0 Å². The fourth-order valence-corrected chi connectivity index (χ4v) is 1.56. The highest BCUT2D eigenvalue weighted by atomic mass is 19.1. The molecule has 0 saturated heterocycles. The third kappa shape index (κ3) is 2.56. The number of halogens is 2. The number of carbonyl (C=O) groups excluding carboxylic acids is 1. The molecule has 0 saturated carbocycles. The zero-order chi connectivity index (χ0) is 13.1. The molecule has 0 N–H and O–H groups in total. The van der Waals surface area contributed by atoms with Gasteiger partial charge in [-0.3, -0.25) is 4.79 Å². The van der Waals surface area contributed by atoms with Gasteiger partial charge in [0.1, 0.15) is 23.2 Å². The highest BCUT2D eigenvalue weighted by Crippen LogP contribution is 2.14. The number of hydrogen-bond donors (Lipinski definition) is 0. The van der Waals surface area contributed by atoms with Crippen LogP contribution >= 0.6 is 0 Å². The molecule has 2 rings (SSSR count). The van der Waals surface area contributed by atoms with E-state index in [4.69, 9.17) is 0 Å². The van der Waals surface area contributed by atoms with Crippen LogP contribution in [-0.2, 0) is 6.42 Å². The molecule has 0 atom stereocenters. The van der Waals surface area contributed by atoms with Crippen molar-refractivity contribution >= 4 is 5.78 Å². The van der Waals surface area contributed by atoms with Crippen molar-refractivity contribution in [3.8, 4) is 0 Å². The zero-order valence-electron chi connectivity index (χ0n) is 9.65. The van der Waals surface area contributed by atoms with Gasteiger partial charge in [-0.2, -0.15) is 0 Å². The van der Waals surface area contributed by atoms with Gasteiger partial charge in [-0.1, -0.05) is 6.07 Å². The second-order valence-electron chi connectivity index (χ2n) is 3.79. The number of Topliss-reactive ketones (excluding diaryl/α,β-unsaturated/α-hetero) is 1. The van der Waals surface area contributed by atoms with Gasteiger partial charge < -0.3 is 0 Å². The Morgan fingerprint density at radius 1 is 1.22 bits per heavy atom. The first kappa shape index (κ1) is 12.3. The Balaban J connectivity index is 2.27. The average Bonchev–Trinajstić information content (AvgIpc) is 2.34. The molecule has 0 spiro atoms. The molecule has 0 unspecified atom stereocenters. The Hall–Kier alpha value is -2.17. The highest BCUT2D eigenvalue weighted by Gasteiger charge is 2.15. The molecule has 3 nitrogen and oxygen atoms in total. The van der Waals surface area contributed by atoms with E-state index in [9.17, 15) is 13.6 Å². The van der Waals surface area contributed by atoms with Gasteiger partial charge in [-0.15, -0.1) is 0 Å². The summed E-state index contributed by atoms with van der Waals surface area (Å²) in [5.41, 5.74) is -0.0797. The summed E-state index contributed by atoms with van der Waals surface area (Å²) >= 11 is 0. The smallest absolute Gasteiger partial charge is 0.185 e. The fourth-order valence-electron chi connectivity index (χ4n) is 1.56. The van der Waals surface area contributed by atoms with Gasteiger partial charge in [0.15, 0.2) is 5.78 Å². The number of aromatic nitrogens is 2. The largest absolute Gasteiger partial charge is 0.292 e. The molecule has 92 valence electrons. The van der Waals surface area contributed by atoms with Crippen molar-refractivity contribution in [1.82, 2.24) is 9.97 Å². The van der Waals surface area contributed by atoms with Crippen LogP contribution in [0.5, 0.6) is 0 Å². The maximum atomic E-state index is 13.4. The molecule has 18 heavy (non-hydrogen) atoms. The van der Waals surface area contributed by atoms with Crippen LogP contribution in [0.2, 0.25) is 0 Å². The van der Waals surface area contributed by atoms with Crippen LogP contribution in [0, 0.1) is 18.6 Å². The fraction of sp³-hybridized carbons (Fsp3) is 0.154. The Kier molecular flexibility index (Phi) is 3.41. The van der Waals surface area contributed by atoms with E-state index in [1.54, 1.807) is 6.92 Å². The first-order valence-electron chi connectivity index (χ1n) is 5.33. The third-order valence-corrected chi connectivity index (χ3v) is 2.46. The summed E-state index contributed by atoms with van der Waals surface area (Å²) in [6.45, 7) is 1.64. The molecule has 1 aromatic heterocycles. The molecule has 0 bridgehead atoms. The lowest BCUT2D eigenvalue weighted by Gasteiger charge is -2.04. The molecular formula is C13H10F2N2O. The Labute approximate surface area is 103 Å². The van der Waals surface area contributed by atoms with E-state index >= 15 is 0 Å². The maximum Gasteiger partial charge on any atom is 0.185 e. The summed E-state index contributed by atoms with van der Waals surface area (Å²) in [5.74, 6) is -1.46. The Morgan fingerprint density at radius 2 is 1.89 bits per heavy atom. The second-order valence-corrected chi connectivity index (χ2v) is 3.79. The van der Waals surface area contributed by atoms with Crippen molar-refractivity contribution < 1.29 is 13.6 Å². The summed E-state index contributed by atoms with van der Waals surface area (Å²) in [5, 5.41) is 0. The molecule has 0 radical (unpaired) electrons. The van der Waals surface area contributed by atoms with Gasteiger partial charge >= 0.3 is 0 Å². The van der Waals surface area contributed by atoms with Gasteiger partial charge in [-0.25, -0.2) is 18.7 Å². The molecular weight excluding hydrogens is 238 g/mol. The van der Waals surface area contributed by atoms with Crippen molar-refractivity contribution in [2.24, 2.45) is 0 Å². The zero-order valence-corrected chi connectivity index (χ0v) is 9.65. The van der Waals surface area contributed by atoms with Gasteiger partial charge in [0, 0.05) is 18.2 Å². The standard InChI is InChI=1S/C13H10F2N2O/c1-8-16-6-5-12(17-8)13(18)7-9-10(14)3-2-4-11(9)15/h2-6H,7H2,1H3. The SMILES string of the molecule is Cc1nccc(C(=O)Cc2c(F)cccc2F)n1. The number of benzene rings is 1. The predicted molar refractivity (Wildman–Crippen MR) is 61.2 cm³/mol. The summed E-state index contributed by atoms with van der Waals surface area (Å²) in [6.07, 6.45) is 1.09. The van der Waals surface area contributed by atoms with Gasteiger partial charge in [0.05, 0.1) is 0 Å². The van der Waals surface area contributed by atoms with E-state index in [1.165, 1.54) is 18.3 Å². The van der Waals surface area contributed by atoms with Crippen molar-refractivity contribution in [2.75, 3.05) is 0 Å². The summed E-state index contributed by atoms with van der Waals surface area (Å²) < 4.78 is 26.8. The number of hydrogen-bond acceptors (Lipinski definition) is 3. The topological polar surface area (TPSA) is 42.9 Å². The number of carbonyl (C=O) groups is 1. The summed E-state index contributed by atoms with van der Waals surface area (Å²) in [6, 6.07) is 4.93. The predicted octanol–water partition coefficient (Wildman–Crippen LogP) is 2.49. The molecule has 0 aliphatic carbocycles. The number of rotatable bonds is 3. The van der Waals surface area contributed by atoms with Crippen LogP contribution in [0.4, 0.5) is 8.78 Å². The highest BCUT2D eigenvalue weighted by molar-refractivity contribution is 5.95. The van der Waals surface area contributed by atoms with E-state index < -0.39 is 17.4 Å². The first-order chi connectivity index (χ1) is 8.58. The lowest BCUT2D eigenvalue weighted by Crippen LogP contribution is -2.10. The van der Waals surface area contributed by atoms with E-state index in [-0.39, 0.29) is 17.7 Å². The lowest BCUT2D eigenvalue weighted by molar-refractivity contribution is 0.0985. The van der Waals surface area contributed by atoms with E-state index in [0.29, 0.717) is 5.82 Å². The minimum absolute atomic E-state index is 0.158. The van der Waals surface area contributed by atoms with E-state index in [0.717, 1.165) is 12.1 Å². The Bertz CT molecular complexity index is 579. The van der Waals surface area contributed by atoms with E-state index in [2.05, 4.69) is 9.97 Å². The minimum Gasteiger partial charge on any atom is -0.292 e. The van der Waals surface area contributed by atoms with Crippen LogP contribution < -0.4 is 0 Å². The lowest BCUT2D eigenvalue weighted by atomic mass is 10.1. The maximum absolute atomic E-state index is 13.4. The molecule has 1 aromatic carbocycles. The number of aryl methyl sites for hydroxylation is 1. The van der Waals surface area contributed by atoms with E-state index in [1.807, 2.05) is 0 Å². The van der Waals surface area contributed by atoms with Crippen molar-refractivity contribution in [1.29, 1.82) is 0 Å². The van der Waals surface area contributed by atoms with Gasteiger partial charge in [-0.05, 0) is 25.1 Å². The van der Waals surface area contributed by atoms with Crippen LogP contribution in [0.1, 0.15) is 21.9 Å². The molecule has 0 aliphatic rings. The van der Waals surface area contributed by atoms with Crippen LogP contribution in [0.25, 0.3) is 0 Å². The number of nitrogens with zero attached hydrogens (tertiary/aromatic N) is 2. The third-order valence-electron chi connectivity index (χ3n) is 2.46. The van der Waals surface area contributed by atoms with Crippen molar-refractivity contribution in [3.63, 3.8) is 0 Å². The van der Waals surface area contributed by atoms with Crippen molar-refractivity contribution in [3.05, 3.63) is 59.2 Å². The molecule has 5 heteroatoms. The molecule has 1 heterocycles. The summed E-state index contributed by atoms with van der Waals surface area (Å²) in [7, 11) is 0. The molecule has 0 aliphatic heterocycles. The monoisotopic (exact) mass is 248 g/mol. The average molecular weight is 248 g/mol. The normalized spacial score (nSPS) is 10.4. The quantitative estimate of drug-likeness (QED) is 0.784. The van der Waals surface area contributed by atoms with Crippen molar-refractivity contribution in [2.45, 2.75) is 13.3 Å². The molecule has 0 fully saturated rings. The van der Waals surface area contributed by atoms with Crippen LogP contribution in [0.15, 0.2) is 30.5 Å². The Morgan fingerprint density at radius 3 is 2.50 bits per heavy atom. The summed E-state index contributed by atoms with van der Waals surface area (Å²) in [4.78, 5) is 19.6. The molecule has 0 amide bonds. The minimum atomic E-state index is -0.728. The van der Waals surface area contributed by atoms with Gasteiger partial charge in [0.2, 0.25) is 0 Å². The second kappa shape index (κ2) is 5.00. The van der Waals surface area contributed by atoms with Crippen LogP contribution in [0.3, 0.4) is 0 Å².